The first-order valence-corrected chi connectivity index (χ1v) is 6.17. The number of aromatic nitrogens is 5. The van der Waals surface area contributed by atoms with Crippen LogP contribution in [0.4, 0.5) is 11.9 Å². The SMILES string of the molecule is CCN(CC)c1nc(N)nc(-n2ccc(C(N)=O)n2)n1. The summed E-state index contributed by atoms with van der Waals surface area (Å²) in [6, 6.07) is 1.49. The van der Waals surface area contributed by atoms with Gasteiger partial charge < -0.3 is 16.4 Å². The lowest BCUT2D eigenvalue weighted by molar-refractivity contribution is 0.0995. The molecule has 9 heteroatoms. The van der Waals surface area contributed by atoms with Gasteiger partial charge in [0.25, 0.3) is 11.9 Å². The third-order valence-electron chi connectivity index (χ3n) is 2.72. The molecule has 20 heavy (non-hydrogen) atoms. The van der Waals surface area contributed by atoms with Crippen LogP contribution in [-0.4, -0.2) is 43.7 Å². The van der Waals surface area contributed by atoms with Gasteiger partial charge in [0.05, 0.1) is 0 Å². The number of nitrogens with two attached hydrogens (primary N) is 2. The summed E-state index contributed by atoms with van der Waals surface area (Å²) in [6.45, 7) is 5.46. The first-order chi connectivity index (χ1) is 9.55. The van der Waals surface area contributed by atoms with Crippen LogP contribution in [0.2, 0.25) is 0 Å². The van der Waals surface area contributed by atoms with Crippen LogP contribution in [0.3, 0.4) is 0 Å². The quantitative estimate of drug-likeness (QED) is 0.759. The van der Waals surface area contributed by atoms with E-state index < -0.39 is 5.91 Å². The van der Waals surface area contributed by atoms with Gasteiger partial charge in [-0.05, 0) is 19.9 Å². The first-order valence-electron chi connectivity index (χ1n) is 6.17. The van der Waals surface area contributed by atoms with E-state index in [1.165, 1.54) is 10.7 Å². The van der Waals surface area contributed by atoms with Gasteiger partial charge in [0.1, 0.15) is 5.69 Å². The fourth-order valence-electron chi connectivity index (χ4n) is 1.69. The van der Waals surface area contributed by atoms with Gasteiger partial charge in [-0.3, -0.25) is 4.79 Å². The average Bonchev–Trinajstić information content (AvgIpc) is 2.89. The number of nitrogen functional groups attached to an aromatic ring is 1. The molecule has 106 valence electrons. The summed E-state index contributed by atoms with van der Waals surface area (Å²) in [5.74, 6) is 0.184. The van der Waals surface area contributed by atoms with Gasteiger partial charge in [-0.25, -0.2) is 4.68 Å². The number of carbonyl (C=O) groups is 1. The Bertz CT molecular complexity index is 619. The molecule has 0 aliphatic carbocycles. The van der Waals surface area contributed by atoms with Gasteiger partial charge in [-0.15, -0.1) is 0 Å². The van der Waals surface area contributed by atoms with Crippen LogP contribution in [0.1, 0.15) is 24.3 Å². The first kappa shape index (κ1) is 13.7. The lowest BCUT2D eigenvalue weighted by Crippen LogP contribution is -2.25. The molecule has 0 saturated carbocycles. The van der Waals surface area contributed by atoms with E-state index in [2.05, 4.69) is 20.1 Å². The minimum absolute atomic E-state index is 0.0908. The van der Waals surface area contributed by atoms with Crippen molar-refractivity contribution in [1.82, 2.24) is 24.7 Å². The molecule has 9 nitrogen and oxygen atoms in total. The maximum atomic E-state index is 11.0. The van der Waals surface area contributed by atoms with Crippen LogP contribution in [0.15, 0.2) is 12.3 Å². The van der Waals surface area contributed by atoms with Gasteiger partial charge >= 0.3 is 0 Å². The Morgan fingerprint density at radius 1 is 1.30 bits per heavy atom. The molecule has 4 N–H and O–H groups in total. The van der Waals surface area contributed by atoms with E-state index in [0.717, 1.165) is 13.1 Å². The van der Waals surface area contributed by atoms with E-state index in [1.54, 1.807) is 6.20 Å². The van der Waals surface area contributed by atoms with Crippen molar-refractivity contribution in [3.8, 4) is 5.95 Å². The number of hydrogen-bond donors (Lipinski definition) is 2. The van der Waals surface area contributed by atoms with E-state index in [-0.39, 0.29) is 17.6 Å². The Morgan fingerprint density at radius 3 is 2.55 bits per heavy atom. The molecule has 0 aliphatic heterocycles. The van der Waals surface area contributed by atoms with E-state index in [9.17, 15) is 4.79 Å². The van der Waals surface area contributed by atoms with Crippen molar-refractivity contribution in [1.29, 1.82) is 0 Å². The minimum Gasteiger partial charge on any atom is -0.368 e. The van der Waals surface area contributed by atoms with Gasteiger partial charge in [0, 0.05) is 19.3 Å². The van der Waals surface area contributed by atoms with E-state index in [1.807, 2.05) is 18.7 Å². The molecule has 0 fully saturated rings. The summed E-state index contributed by atoms with van der Waals surface area (Å²) in [7, 11) is 0. The van der Waals surface area contributed by atoms with Crippen molar-refractivity contribution in [2.45, 2.75) is 13.8 Å². The summed E-state index contributed by atoms with van der Waals surface area (Å²) in [5.41, 5.74) is 11.0. The number of anilines is 2. The molecule has 0 saturated heterocycles. The van der Waals surface area contributed by atoms with Crippen LogP contribution < -0.4 is 16.4 Å². The van der Waals surface area contributed by atoms with Crippen molar-refractivity contribution >= 4 is 17.8 Å². The van der Waals surface area contributed by atoms with E-state index >= 15 is 0 Å². The normalized spacial score (nSPS) is 10.5. The maximum Gasteiger partial charge on any atom is 0.269 e. The molecule has 1 amide bonds. The summed E-state index contributed by atoms with van der Waals surface area (Å²) < 4.78 is 1.34. The highest BCUT2D eigenvalue weighted by atomic mass is 16.1. The third-order valence-corrected chi connectivity index (χ3v) is 2.72. The molecular formula is C11H16N8O. The molecule has 0 bridgehead atoms. The lowest BCUT2D eigenvalue weighted by Gasteiger charge is -2.18. The van der Waals surface area contributed by atoms with Crippen molar-refractivity contribution < 1.29 is 4.79 Å². The smallest absolute Gasteiger partial charge is 0.269 e. The fourth-order valence-corrected chi connectivity index (χ4v) is 1.69. The number of nitrogens with zero attached hydrogens (tertiary/aromatic N) is 6. The number of primary amides is 1. The Kier molecular flexibility index (Phi) is 3.78. The Hall–Kier alpha value is -2.71. The van der Waals surface area contributed by atoms with Crippen LogP contribution in [0.5, 0.6) is 0 Å². The zero-order chi connectivity index (χ0) is 14.7. The molecule has 0 spiro atoms. The predicted molar refractivity (Wildman–Crippen MR) is 73.4 cm³/mol. The summed E-state index contributed by atoms with van der Waals surface area (Å²) in [4.78, 5) is 25.4. The summed E-state index contributed by atoms with van der Waals surface area (Å²) in [6.07, 6.45) is 1.54. The van der Waals surface area contributed by atoms with E-state index in [0.29, 0.717) is 5.95 Å². The van der Waals surface area contributed by atoms with Crippen molar-refractivity contribution in [3.05, 3.63) is 18.0 Å². The molecule has 0 atom stereocenters. The predicted octanol–water partition coefficient (Wildman–Crippen LogP) is -0.415. The highest BCUT2D eigenvalue weighted by Gasteiger charge is 2.13. The monoisotopic (exact) mass is 276 g/mol. The number of hydrogen-bond acceptors (Lipinski definition) is 7. The number of carbonyl (C=O) groups excluding carboxylic acids is 1. The van der Waals surface area contributed by atoms with Crippen molar-refractivity contribution in [2.24, 2.45) is 5.73 Å². The molecule has 0 radical (unpaired) electrons. The highest BCUT2D eigenvalue weighted by molar-refractivity contribution is 5.90. The third kappa shape index (κ3) is 2.66. The second-order valence-electron chi connectivity index (χ2n) is 3.98. The average molecular weight is 276 g/mol. The van der Waals surface area contributed by atoms with Crippen molar-refractivity contribution in [2.75, 3.05) is 23.7 Å². The largest absolute Gasteiger partial charge is 0.368 e. The molecule has 2 rings (SSSR count). The second-order valence-corrected chi connectivity index (χ2v) is 3.98. The molecular weight excluding hydrogens is 260 g/mol. The van der Waals surface area contributed by atoms with Gasteiger partial charge in [0.2, 0.25) is 11.9 Å². The Labute approximate surface area is 115 Å². The summed E-state index contributed by atoms with van der Waals surface area (Å²) >= 11 is 0. The number of rotatable bonds is 5. The van der Waals surface area contributed by atoms with Crippen LogP contribution in [-0.2, 0) is 0 Å². The van der Waals surface area contributed by atoms with Crippen molar-refractivity contribution in [3.63, 3.8) is 0 Å². The summed E-state index contributed by atoms with van der Waals surface area (Å²) in [5, 5.41) is 3.99. The standard InChI is InChI=1S/C11H16N8O/c1-3-18(4-2)10-14-9(13)15-11(16-10)19-6-5-7(17-19)8(12)20/h5-6H,3-4H2,1-2H3,(H2,12,20)(H2,13,14,15,16). The topological polar surface area (TPSA) is 129 Å². The lowest BCUT2D eigenvalue weighted by atomic mass is 10.4. The maximum absolute atomic E-state index is 11.0. The zero-order valence-corrected chi connectivity index (χ0v) is 11.3. The van der Waals surface area contributed by atoms with Gasteiger partial charge in [0.15, 0.2) is 0 Å². The Morgan fingerprint density at radius 2 is 2.00 bits per heavy atom. The highest BCUT2D eigenvalue weighted by Crippen LogP contribution is 2.11. The minimum atomic E-state index is -0.616. The van der Waals surface area contributed by atoms with Crippen LogP contribution in [0, 0.1) is 0 Å². The second kappa shape index (κ2) is 5.51. The molecule has 0 aromatic carbocycles. The molecule has 2 aromatic heterocycles. The molecule has 2 heterocycles. The zero-order valence-electron chi connectivity index (χ0n) is 11.3. The van der Waals surface area contributed by atoms with Gasteiger partial charge in [-0.1, -0.05) is 0 Å². The van der Waals surface area contributed by atoms with E-state index in [4.69, 9.17) is 11.5 Å². The fraction of sp³-hybridized carbons (Fsp3) is 0.364. The number of amides is 1. The molecule has 2 aromatic rings. The van der Waals surface area contributed by atoms with Crippen LogP contribution >= 0.6 is 0 Å². The Balaban J connectivity index is 2.43. The van der Waals surface area contributed by atoms with Crippen LogP contribution in [0.25, 0.3) is 5.95 Å². The molecule has 0 aliphatic rings. The van der Waals surface area contributed by atoms with Gasteiger partial charge in [-0.2, -0.15) is 20.1 Å². The molecule has 0 unspecified atom stereocenters.